The van der Waals surface area contributed by atoms with Gasteiger partial charge >= 0.3 is 0 Å². The molecule has 0 saturated heterocycles. The zero-order valence-corrected chi connectivity index (χ0v) is 10.9. The Kier molecular flexibility index (Phi) is 3.38. The van der Waals surface area contributed by atoms with Crippen LogP contribution in [0.4, 0.5) is 11.4 Å². The van der Waals surface area contributed by atoms with E-state index >= 15 is 0 Å². The van der Waals surface area contributed by atoms with Crippen LogP contribution in [-0.2, 0) is 6.54 Å². The molecule has 0 atom stereocenters. The molecule has 21 heavy (non-hydrogen) atoms. The summed E-state index contributed by atoms with van der Waals surface area (Å²) in [6.45, 7) is 0.470. The fourth-order valence-electron chi connectivity index (χ4n) is 2.07. The number of fused-ring (bicyclic) bond motifs is 1. The van der Waals surface area contributed by atoms with E-state index in [0.717, 1.165) is 11.4 Å². The highest BCUT2D eigenvalue weighted by Crippen LogP contribution is 2.29. The predicted octanol–water partition coefficient (Wildman–Crippen LogP) is 2.55. The van der Waals surface area contributed by atoms with Crippen LogP contribution in [0.1, 0.15) is 5.69 Å². The maximum absolute atomic E-state index is 11.0. The van der Waals surface area contributed by atoms with E-state index in [-0.39, 0.29) is 5.69 Å². The van der Waals surface area contributed by atoms with Gasteiger partial charge in [-0.25, -0.2) is 0 Å². The van der Waals surface area contributed by atoms with E-state index < -0.39 is 4.92 Å². The minimum absolute atomic E-state index is 0.0446. The van der Waals surface area contributed by atoms with Crippen molar-refractivity contribution in [1.29, 1.82) is 0 Å². The van der Waals surface area contributed by atoms with Crippen LogP contribution in [-0.4, -0.2) is 20.1 Å². The number of anilines is 1. The molecule has 7 heteroatoms. The van der Waals surface area contributed by atoms with Crippen molar-refractivity contribution in [3.8, 4) is 0 Å². The Morgan fingerprint density at radius 3 is 2.76 bits per heavy atom. The van der Waals surface area contributed by atoms with Gasteiger partial charge in [0.1, 0.15) is 5.52 Å². The Labute approximate surface area is 119 Å². The van der Waals surface area contributed by atoms with Gasteiger partial charge in [0.2, 0.25) is 0 Å². The number of nitro benzene ring substituents is 1. The molecule has 0 unspecified atom stereocenters. The van der Waals surface area contributed by atoms with Crippen molar-refractivity contribution in [2.24, 2.45) is 0 Å². The molecular weight excluding hydrogens is 270 g/mol. The maximum atomic E-state index is 11.0. The maximum Gasteiger partial charge on any atom is 0.278 e. The van der Waals surface area contributed by atoms with Gasteiger partial charge in [0.15, 0.2) is 0 Å². The van der Waals surface area contributed by atoms with Gasteiger partial charge in [-0.2, -0.15) is 10.2 Å². The summed E-state index contributed by atoms with van der Waals surface area (Å²) in [6.07, 6.45) is 3.21. The standard InChI is InChI=1S/C14H11N5O2/c20-19(21)13-6-5-12(14-11(13)4-2-7-15-14)16-9-10-3-1-8-17-18-10/h1-8,16H,9H2. The third kappa shape index (κ3) is 2.62. The topological polar surface area (TPSA) is 93.8 Å². The van der Waals surface area contributed by atoms with Crippen molar-refractivity contribution in [3.63, 3.8) is 0 Å². The Bertz CT molecular complexity index is 792. The Hall–Kier alpha value is -3.09. The van der Waals surface area contributed by atoms with E-state index in [2.05, 4.69) is 20.5 Å². The molecule has 0 spiro atoms. The number of nitro groups is 1. The molecule has 0 fully saturated rings. The summed E-state index contributed by atoms with van der Waals surface area (Å²) in [6, 6.07) is 10.2. The summed E-state index contributed by atoms with van der Waals surface area (Å²) in [4.78, 5) is 14.9. The van der Waals surface area contributed by atoms with Gasteiger partial charge in [0.05, 0.1) is 28.2 Å². The number of rotatable bonds is 4. The second-order valence-corrected chi connectivity index (χ2v) is 4.36. The van der Waals surface area contributed by atoms with Crippen LogP contribution in [0.2, 0.25) is 0 Å². The van der Waals surface area contributed by atoms with Crippen molar-refractivity contribution in [2.45, 2.75) is 6.54 Å². The highest BCUT2D eigenvalue weighted by Gasteiger charge is 2.14. The highest BCUT2D eigenvalue weighted by atomic mass is 16.6. The van der Waals surface area contributed by atoms with E-state index in [4.69, 9.17) is 0 Å². The normalized spacial score (nSPS) is 10.5. The quantitative estimate of drug-likeness (QED) is 0.583. The number of aromatic nitrogens is 3. The molecule has 3 rings (SSSR count). The summed E-state index contributed by atoms with van der Waals surface area (Å²) in [7, 11) is 0. The van der Waals surface area contributed by atoms with Crippen LogP contribution < -0.4 is 5.32 Å². The third-order valence-electron chi connectivity index (χ3n) is 3.03. The van der Waals surface area contributed by atoms with Gasteiger partial charge < -0.3 is 5.32 Å². The third-order valence-corrected chi connectivity index (χ3v) is 3.03. The van der Waals surface area contributed by atoms with E-state index in [1.165, 1.54) is 6.07 Å². The monoisotopic (exact) mass is 281 g/mol. The second-order valence-electron chi connectivity index (χ2n) is 4.36. The number of non-ortho nitro benzene ring substituents is 1. The van der Waals surface area contributed by atoms with Crippen LogP contribution in [0.15, 0.2) is 48.8 Å². The van der Waals surface area contributed by atoms with Crippen molar-refractivity contribution >= 4 is 22.3 Å². The summed E-state index contributed by atoms with van der Waals surface area (Å²) in [5, 5.41) is 22.5. The van der Waals surface area contributed by atoms with Crippen LogP contribution in [0, 0.1) is 10.1 Å². The predicted molar refractivity (Wildman–Crippen MR) is 77.8 cm³/mol. The number of nitrogens with zero attached hydrogens (tertiary/aromatic N) is 4. The lowest BCUT2D eigenvalue weighted by Crippen LogP contribution is -2.03. The number of hydrogen-bond acceptors (Lipinski definition) is 6. The summed E-state index contributed by atoms with van der Waals surface area (Å²) >= 11 is 0. The molecule has 1 N–H and O–H groups in total. The fraction of sp³-hybridized carbons (Fsp3) is 0.0714. The molecule has 2 heterocycles. The molecule has 7 nitrogen and oxygen atoms in total. The van der Waals surface area contributed by atoms with Crippen molar-refractivity contribution < 1.29 is 4.92 Å². The summed E-state index contributed by atoms with van der Waals surface area (Å²) in [5.41, 5.74) is 2.11. The average molecular weight is 281 g/mol. The molecule has 0 aliphatic rings. The molecule has 1 aromatic carbocycles. The van der Waals surface area contributed by atoms with Crippen LogP contribution in [0.5, 0.6) is 0 Å². The zero-order chi connectivity index (χ0) is 14.7. The van der Waals surface area contributed by atoms with Gasteiger partial charge in [0, 0.05) is 18.5 Å². The van der Waals surface area contributed by atoms with Crippen LogP contribution >= 0.6 is 0 Å². The van der Waals surface area contributed by atoms with E-state index in [9.17, 15) is 10.1 Å². The number of hydrogen-bond donors (Lipinski definition) is 1. The SMILES string of the molecule is O=[N+]([O-])c1ccc(NCc2cccnn2)c2ncccc12. The smallest absolute Gasteiger partial charge is 0.278 e. The van der Waals surface area contributed by atoms with Crippen LogP contribution in [0.25, 0.3) is 10.9 Å². The van der Waals surface area contributed by atoms with Gasteiger partial charge in [0.25, 0.3) is 5.69 Å². The molecule has 3 aromatic rings. The van der Waals surface area contributed by atoms with Crippen molar-refractivity contribution in [2.75, 3.05) is 5.32 Å². The first-order chi connectivity index (χ1) is 10.3. The molecule has 0 saturated carbocycles. The van der Waals surface area contributed by atoms with Gasteiger partial charge in [-0.15, -0.1) is 0 Å². The lowest BCUT2D eigenvalue weighted by Gasteiger charge is -2.08. The van der Waals surface area contributed by atoms with Crippen LogP contribution in [0.3, 0.4) is 0 Å². The van der Waals surface area contributed by atoms with Gasteiger partial charge in [-0.1, -0.05) is 0 Å². The van der Waals surface area contributed by atoms with Gasteiger partial charge in [-0.05, 0) is 30.3 Å². The number of pyridine rings is 1. The lowest BCUT2D eigenvalue weighted by atomic mass is 10.1. The first kappa shape index (κ1) is 12.9. The fourth-order valence-corrected chi connectivity index (χ4v) is 2.07. The van der Waals surface area contributed by atoms with E-state index in [1.54, 1.807) is 36.7 Å². The zero-order valence-electron chi connectivity index (χ0n) is 10.9. The minimum atomic E-state index is -0.406. The summed E-state index contributed by atoms with van der Waals surface area (Å²) < 4.78 is 0. The largest absolute Gasteiger partial charge is 0.378 e. The molecular formula is C14H11N5O2. The molecule has 104 valence electrons. The minimum Gasteiger partial charge on any atom is -0.378 e. The highest BCUT2D eigenvalue weighted by molar-refractivity contribution is 5.96. The molecule has 0 amide bonds. The first-order valence-corrected chi connectivity index (χ1v) is 6.28. The molecule has 0 bridgehead atoms. The Morgan fingerprint density at radius 2 is 2.00 bits per heavy atom. The van der Waals surface area contributed by atoms with E-state index in [1.807, 2.05) is 6.07 Å². The molecule has 0 radical (unpaired) electrons. The number of benzene rings is 1. The molecule has 0 aliphatic heterocycles. The Balaban J connectivity index is 1.96. The van der Waals surface area contributed by atoms with E-state index in [0.29, 0.717) is 17.4 Å². The van der Waals surface area contributed by atoms with Crippen molar-refractivity contribution in [3.05, 3.63) is 64.6 Å². The first-order valence-electron chi connectivity index (χ1n) is 6.28. The Morgan fingerprint density at radius 1 is 1.14 bits per heavy atom. The van der Waals surface area contributed by atoms with Gasteiger partial charge in [-0.3, -0.25) is 15.1 Å². The van der Waals surface area contributed by atoms with Crippen molar-refractivity contribution in [1.82, 2.24) is 15.2 Å². The number of nitrogens with one attached hydrogen (secondary N) is 1. The summed E-state index contributed by atoms with van der Waals surface area (Å²) in [5.74, 6) is 0. The molecule has 0 aliphatic carbocycles. The molecule has 2 aromatic heterocycles. The lowest BCUT2D eigenvalue weighted by molar-refractivity contribution is -0.383. The average Bonchev–Trinajstić information content (AvgIpc) is 2.53. The second kappa shape index (κ2) is 5.49.